The molecule has 0 unspecified atom stereocenters. The van der Waals surface area contributed by atoms with E-state index < -0.39 is 0 Å². The van der Waals surface area contributed by atoms with Crippen LogP contribution in [0.1, 0.15) is 38.8 Å². The van der Waals surface area contributed by atoms with Crippen LogP contribution < -0.4 is 0 Å². The lowest BCUT2D eigenvalue weighted by Crippen LogP contribution is -1.89. The third-order valence-electron chi connectivity index (χ3n) is 2.52. The van der Waals surface area contributed by atoms with Crippen molar-refractivity contribution < 1.29 is 0 Å². The molecule has 16 heavy (non-hydrogen) atoms. The normalized spacial score (nSPS) is 9.56. The summed E-state index contributed by atoms with van der Waals surface area (Å²) in [4.78, 5) is 0. The van der Waals surface area contributed by atoms with E-state index in [4.69, 9.17) is 0 Å². The van der Waals surface area contributed by atoms with Crippen LogP contribution >= 0.6 is 7.92 Å². The van der Waals surface area contributed by atoms with Gasteiger partial charge in [0.15, 0.2) is 0 Å². The number of hydrogen-bond donors (Lipinski definition) is 0. The van der Waals surface area contributed by atoms with Gasteiger partial charge in [-0.3, -0.25) is 0 Å². The maximum atomic E-state index is 3.76. The molecule has 0 saturated carbocycles. The molecular weight excluding hydrogens is 211 g/mol. The molecule has 0 spiro atoms. The van der Waals surface area contributed by atoms with Crippen LogP contribution in [0.5, 0.6) is 0 Å². The molecule has 1 heteroatoms. The molecule has 90 valence electrons. The van der Waals surface area contributed by atoms with Gasteiger partial charge in [0, 0.05) is 0 Å². The Morgan fingerprint density at radius 2 is 1.56 bits per heavy atom. The summed E-state index contributed by atoms with van der Waals surface area (Å²) in [5.41, 5.74) is 2.69. The number of benzene rings is 1. The van der Waals surface area contributed by atoms with Gasteiger partial charge in [0.1, 0.15) is 0 Å². The minimum atomic E-state index is 0.228. The smallest absolute Gasteiger partial charge is 0.00733 e. The first kappa shape index (κ1) is 15.4. The fraction of sp³-hybridized carbons (Fsp3) is 0.467. The van der Waals surface area contributed by atoms with E-state index in [1.807, 2.05) is 19.9 Å². The van der Waals surface area contributed by atoms with E-state index in [2.05, 4.69) is 44.7 Å². The summed E-state index contributed by atoms with van der Waals surface area (Å²) in [6.45, 7) is 12.4. The Labute approximate surface area is 103 Å². The van der Waals surface area contributed by atoms with Gasteiger partial charge in [0.25, 0.3) is 0 Å². The first-order chi connectivity index (χ1) is 7.80. The maximum absolute atomic E-state index is 3.76. The van der Waals surface area contributed by atoms with Gasteiger partial charge in [-0.25, -0.2) is 0 Å². The van der Waals surface area contributed by atoms with Crippen molar-refractivity contribution in [1.82, 2.24) is 0 Å². The van der Waals surface area contributed by atoms with Crippen LogP contribution in [0.2, 0.25) is 0 Å². The highest BCUT2D eigenvalue weighted by Crippen LogP contribution is 2.38. The van der Waals surface area contributed by atoms with Crippen molar-refractivity contribution in [3.8, 4) is 0 Å². The monoisotopic (exact) mass is 236 g/mol. The maximum Gasteiger partial charge on any atom is -0.00733 e. The Kier molecular flexibility index (Phi) is 9.24. The molecule has 1 aromatic rings. The van der Waals surface area contributed by atoms with Gasteiger partial charge >= 0.3 is 0 Å². The van der Waals surface area contributed by atoms with Crippen molar-refractivity contribution in [1.29, 1.82) is 0 Å². The van der Waals surface area contributed by atoms with Crippen molar-refractivity contribution >= 4 is 14.0 Å². The molecule has 0 saturated heterocycles. The molecule has 1 aromatic carbocycles. The Morgan fingerprint density at radius 1 is 1.06 bits per heavy atom. The summed E-state index contributed by atoms with van der Waals surface area (Å²) in [7, 11) is 0.228. The quantitative estimate of drug-likeness (QED) is 0.602. The Morgan fingerprint density at radius 3 is 1.94 bits per heavy atom. The Balaban J connectivity index is 0.00000106. The lowest BCUT2D eigenvalue weighted by atomic mass is 10.1. The second kappa shape index (κ2) is 9.60. The first-order valence-electron chi connectivity index (χ1n) is 6.23. The largest absolute Gasteiger partial charge is 0.103 e. The molecule has 1 rings (SSSR count). The highest BCUT2D eigenvalue weighted by atomic mass is 31.1. The summed E-state index contributed by atoms with van der Waals surface area (Å²) in [5, 5.41) is 0. The fourth-order valence-electron chi connectivity index (χ4n) is 1.46. The topological polar surface area (TPSA) is 0 Å². The van der Waals surface area contributed by atoms with Crippen molar-refractivity contribution in [2.24, 2.45) is 0 Å². The average Bonchev–Trinajstić information content (AvgIpc) is 2.39. The van der Waals surface area contributed by atoms with Crippen LogP contribution in [-0.2, 0) is 6.16 Å². The van der Waals surface area contributed by atoms with Crippen LogP contribution in [-0.4, -0.2) is 12.3 Å². The molecule has 0 nitrogen and oxygen atoms in total. The zero-order chi connectivity index (χ0) is 12.4. The third-order valence-corrected chi connectivity index (χ3v) is 5.12. The fourth-order valence-corrected chi connectivity index (χ4v) is 3.09. The summed E-state index contributed by atoms with van der Waals surface area (Å²) in [5.74, 6) is 0. The molecule has 0 aliphatic rings. The van der Waals surface area contributed by atoms with E-state index in [0.29, 0.717) is 0 Å². The number of rotatable bonds is 5. The molecule has 0 amide bonds. The Hall–Kier alpha value is -0.610. The minimum Gasteiger partial charge on any atom is -0.103 e. The van der Waals surface area contributed by atoms with Crippen molar-refractivity contribution in [2.45, 2.75) is 33.9 Å². The Bertz CT molecular complexity index is 270. The predicted molar refractivity (Wildman–Crippen MR) is 79.6 cm³/mol. The summed E-state index contributed by atoms with van der Waals surface area (Å²) < 4.78 is 0. The predicted octanol–water partition coefficient (Wildman–Crippen LogP) is 5.38. The average molecular weight is 236 g/mol. The summed E-state index contributed by atoms with van der Waals surface area (Å²) in [6, 6.07) is 8.78. The highest BCUT2D eigenvalue weighted by molar-refractivity contribution is 7.56. The molecule has 0 bridgehead atoms. The van der Waals surface area contributed by atoms with Crippen LogP contribution in [0.25, 0.3) is 6.08 Å². The van der Waals surface area contributed by atoms with E-state index in [1.54, 1.807) is 0 Å². The first-order valence-corrected chi connectivity index (χ1v) is 8.13. The number of hydrogen-bond acceptors (Lipinski definition) is 0. The van der Waals surface area contributed by atoms with E-state index in [1.165, 1.54) is 29.6 Å². The van der Waals surface area contributed by atoms with Gasteiger partial charge in [-0.15, -0.1) is 7.92 Å². The van der Waals surface area contributed by atoms with E-state index in [9.17, 15) is 0 Å². The zero-order valence-corrected chi connectivity index (χ0v) is 12.1. The zero-order valence-electron chi connectivity index (χ0n) is 11.2. The molecule has 0 heterocycles. The van der Waals surface area contributed by atoms with Gasteiger partial charge in [0.2, 0.25) is 0 Å². The van der Waals surface area contributed by atoms with Gasteiger partial charge in [-0.2, -0.15) is 0 Å². The van der Waals surface area contributed by atoms with Crippen molar-refractivity contribution in [3.63, 3.8) is 0 Å². The van der Waals surface area contributed by atoms with Crippen molar-refractivity contribution in [2.75, 3.05) is 12.3 Å². The standard InChI is InChI=1S/C13H19P.C2H6/c1-4-12-7-9-13(10-8-12)11-14(5-2)6-3;1-2/h4,7-10H,1,5-6,11H2,2-3H3;1-2H3. The van der Waals surface area contributed by atoms with Gasteiger partial charge in [-0.1, -0.05) is 64.6 Å². The third kappa shape index (κ3) is 5.47. The van der Waals surface area contributed by atoms with Gasteiger partial charge in [-0.05, 0) is 29.6 Å². The molecule has 0 fully saturated rings. The molecule has 0 radical (unpaired) electrons. The molecule has 0 aliphatic heterocycles. The second-order valence-corrected chi connectivity index (χ2v) is 6.33. The van der Waals surface area contributed by atoms with Crippen LogP contribution in [0.15, 0.2) is 30.8 Å². The van der Waals surface area contributed by atoms with Gasteiger partial charge in [0.05, 0.1) is 0 Å². The van der Waals surface area contributed by atoms with E-state index in [-0.39, 0.29) is 7.92 Å². The van der Waals surface area contributed by atoms with Crippen molar-refractivity contribution in [3.05, 3.63) is 42.0 Å². The SMILES string of the molecule is C=Cc1ccc(CP(CC)CC)cc1.CC. The highest BCUT2D eigenvalue weighted by Gasteiger charge is 2.03. The van der Waals surface area contributed by atoms with Crippen LogP contribution in [0.4, 0.5) is 0 Å². The molecule has 0 aromatic heterocycles. The van der Waals surface area contributed by atoms with E-state index in [0.717, 1.165) is 0 Å². The van der Waals surface area contributed by atoms with Crippen LogP contribution in [0.3, 0.4) is 0 Å². The van der Waals surface area contributed by atoms with Gasteiger partial charge < -0.3 is 0 Å². The molecule has 0 atom stereocenters. The summed E-state index contributed by atoms with van der Waals surface area (Å²) >= 11 is 0. The lowest BCUT2D eigenvalue weighted by Gasteiger charge is -2.12. The molecule has 0 N–H and O–H groups in total. The summed E-state index contributed by atoms with van der Waals surface area (Å²) in [6.07, 6.45) is 5.86. The van der Waals surface area contributed by atoms with E-state index >= 15 is 0 Å². The second-order valence-electron chi connectivity index (χ2n) is 3.41. The molecule has 0 aliphatic carbocycles. The van der Waals surface area contributed by atoms with Crippen LogP contribution in [0, 0.1) is 0 Å². The lowest BCUT2D eigenvalue weighted by molar-refractivity contribution is 1.31. The molecular formula is C15H25P. The minimum absolute atomic E-state index is 0.228.